The summed E-state index contributed by atoms with van der Waals surface area (Å²) in [6.45, 7) is 1.98. The first-order valence-electron chi connectivity index (χ1n) is 6.84. The third kappa shape index (κ3) is 2.68. The van der Waals surface area contributed by atoms with Gasteiger partial charge in [-0.3, -0.25) is 0 Å². The van der Waals surface area contributed by atoms with E-state index in [1.54, 1.807) is 18.2 Å². The molecule has 0 saturated heterocycles. The predicted octanol–water partition coefficient (Wildman–Crippen LogP) is 4.65. The van der Waals surface area contributed by atoms with Gasteiger partial charge < -0.3 is 4.74 Å². The Kier molecular flexibility index (Phi) is 3.82. The zero-order chi connectivity index (χ0) is 15.7. The summed E-state index contributed by atoms with van der Waals surface area (Å²) >= 11 is 5.92. The molecule has 0 radical (unpaired) electrons. The van der Waals surface area contributed by atoms with Crippen LogP contribution in [0.2, 0.25) is 5.02 Å². The molecule has 3 rings (SSSR count). The second-order valence-corrected chi connectivity index (χ2v) is 5.51. The Morgan fingerprint density at radius 2 is 1.82 bits per heavy atom. The first kappa shape index (κ1) is 14.5. The Labute approximate surface area is 133 Å². The number of methoxy groups -OCH3 is 1. The van der Waals surface area contributed by atoms with Crippen molar-refractivity contribution in [3.63, 3.8) is 0 Å². The van der Waals surface area contributed by atoms with E-state index < -0.39 is 0 Å². The highest BCUT2D eigenvalue weighted by Gasteiger charge is 2.14. The largest absolute Gasteiger partial charge is 0.465 e. The molecule has 0 aliphatic carbocycles. The molecule has 0 aliphatic heterocycles. The summed E-state index contributed by atoms with van der Waals surface area (Å²) in [6, 6.07) is 15.0. The van der Waals surface area contributed by atoms with Gasteiger partial charge >= 0.3 is 5.97 Å². The summed E-state index contributed by atoms with van der Waals surface area (Å²) < 4.78 is 4.91. The van der Waals surface area contributed by atoms with Gasteiger partial charge in [0.2, 0.25) is 0 Å². The molecule has 0 amide bonds. The van der Waals surface area contributed by atoms with Crippen LogP contribution >= 0.6 is 11.6 Å². The van der Waals surface area contributed by atoms with Crippen LogP contribution < -0.4 is 0 Å². The highest BCUT2D eigenvalue weighted by Crippen LogP contribution is 2.27. The molecule has 0 saturated carbocycles. The van der Waals surface area contributed by atoms with E-state index in [1.807, 2.05) is 37.3 Å². The van der Waals surface area contributed by atoms with E-state index in [2.05, 4.69) is 4.98 Å². The van der Waals surface area contributed by atoms with Crippen molar-refractivity contribution in [2.45, 2.75) is 6.92 Å². The Balaban J connectivity index is 2.26. The fraction of sp³-hybridized carbons (Fsp3) is 0.111. The molecule has 4 heteroatoms. The smallest absolute Gasteiger partial charge is 0.338 e. The van der Waals surface area contributed by atoms with Crippen molar-refractivity contribution in [2.24, 2.45) is 0 Å². The fourth-order valence-corrected chi connectivity index (χ4v) is 2.51. The predicted molar refractivity (Wildman–Crippen MR) is 88.3 cm³/mol. The first-order chi connectivity index (χ1) is 10.6. The summed E-state index contributed by atoms with van der Waals surface area (Å²) in [5, 5.41) is 1.46. The number of benzene rings is 2. The van der Waals surface area contributed by atoms with Crippen LogP contribution in [0.5, 0.6) is 0 Å². The number of carbonyl (C=O) groups excluding carboxylic acids is 1. The number of aromatic nitrogens is 1. The number of pyridine rings is 1. The highest BCUT2D eigenvalue weighted by molar-refractivity contribution is 6.30. The SMILES string of the molecule is COC(=O)c1cc(-c2ccc(Cl)cc2)nc2ccc(C)cc12. The summed E-state index contributed by atoms with van der Waals surface area (Å²) in [5.41, 5.74) is 3.96. The van der Waals surface area contributed by atoms with Crippen molar-refractivity contribution in [3.8, 4) is 11.3 Å². The summed E-state index contributed by atoms with van der Waals surface area (Å²) in [7, 11) is 1.38. The molecule has 0 bridgehead atoms. The normalized spacial score (nSPS) is 10.7. The van der Waals surface area contributed by atoms with Crippen molar-refractivity contribution in [3.05, 3.63) is 64.7 Å². The number of fused-ring (bicyclic) bond motifs is 1. The molecule has 0 aliphatic rings. The lowest BCUT2D eigenvalue weighted by molar-refractivity contribution is 0.0603. The van der Waals surface area contributed by atoms with Gasteiger partial charge in [0.05, 0.1) is 23.9 Å². The lowest BCUT2D eigenvalue weighted by Crippen LogP contribution is -2.04. The molecule has 0 N–H and O–H groups in total. The first-order valence-corrected chi connectivity index (χ1v) is 7.22. The molecular formula is C18H14ClNO2. The van der Waals surface area contributed by atoms with E-state index in [1.165, 1.54) is 7.11 Å². The van der Waals surface area contributed by atoms with Gasteiger partial charge in [0.1, 0.15) is 0 Å². The van der Waals surface area contributed by atoms with Crippen LogP contribution in [0.15, 0.2) is 48.5 Å². The second-order valence-electron chi connectivity index (χ2n) is 5.07. The molecule has 0 atom stereocenters. The monoisotopic (exact) mass is 311 g/mol. The third-order valence-corrected chi connectivity index (χ3v) is 3.76. The molecule has 0 fully saturated rings. The highest BCUT2D eigenvalue weighted by atomic mass is 35.5. The summed E-state index contributed by atoms with van der Waals surface area (Å²) in [6.07, 6.45) is 0. The molecule has 2 aromatic carbocycles. The Hall–Kier alpha value is -2.39. The number of halogens is 1. The lowest BCUT2D eigenvalue weighted by Gasteiger charge is -2.09. The molecule has 1 heterocycles. The fourth-order valence-electron chi connectivity index (χ4n) is 2.39. The number of hydrogen-bond donors (Lipinski definition) is 0. The number of rotatable bonds is 2. The van der Waals surface area contributed by atoms with Crippen molar-refractivity contribution in [1.29, 1.82) is 0 Å². The molecule has 0 unspecified atom stereocenters. The van der Waals surface area contributed by atoms with Gasteiger partial charge in [0.15, 0.2) is 0 Å². The number of nitrogens with zero attached hydrogens (tertiary/aromatic N) is 1. The van der Waals surface area contributed by atoms with Crippen molar-refractivity contribution >= 4 is 28.5 Å². The second kappa shape index (κ2) is 5.78. The number of esters is 1. The molecular weight excluding hydrogens is 298 g/mol. The van der Waals surface area contributed by atoms with Gasteiger partial charge in [-0.15, -0.1) is 0 Å². The number of ether oxygens (including phenoxy) is 1. The van der Waals surface area contributed by atoms with E-state index in [9.17, 15) is 4.79 Å². The Morgan fingerprint density at radius 3 is 2.50 bits per heavy atom. The molecule has 22 heavy (non-hydrogen) atoms. The maximum absolute atomic E-state index is 12.1. The molecule has 3 aromatic rings. The maximum atomic E-state index is 12.1. The Bertz CT molecular complexity index is 857. The van der Waals surface area contributed by atoms with Crippen LogP contribution in [-0.2, 0) is 4.74 Å². The molecule has 110 valence electrons. The van der Waals surface area contributed by atoms with Gasteiger partial charge in [-0.2, -0.15) is 0 Å². The average Bonchev–Trinajstić information content (AvgIpc) is 2.54. The molecule has 0 spiro atoms. The zero-order valence-electron chi connectivity index (χ0n) is 12.3. The van der Waals surface area contributed by atoms with Crippen LogP contribution in [0.3, 0.4) is 0 Å². The van der Waals surface area contributed by atoms with Crippen molar-refractivity contribution < 1.29 is 9.53 Å². The van der Waals surface area contributed by atoms with Crippen molar-refractivity contribution in [2.75, 3.05) is 7.11 Å². The van der Waals surface area contributed by atoms with Gasteiger partial charge in [-0.1, -0.05) is 35.4 Å². The van der Waals surface area contributed by atoms with Crippen LogP contribution in [0.25, 0.3) is 22.2 Å². The minimum absolute atomic E-state index is 0.367. The third-order valence-electron chi connectivity index (χ3n) is 3.51. The molecule has 3 nitrogen and oxygen atoms in total. The van der Waals surface area contributed by atoms with E-state index in [0.29, 0.717) is 16.3 Å². The standard InChI is InChI=1S/C18H14ClNO2/c1-11-3-8-16-14(9-11)15(18(21)22-2)10-17(20-16)12-4-6-13(19)7-5-12/h3-10H,1-2H3. The minimum Gasteiger partial charge on any atom is -0.465 e. The summed E-state index contributed by atoms with van der Waals surface area (Å²) in [5.74, 6) is -0.367. The quantitative estimate of drug-likeness (QED) is 0.647. The van der Waals surface area contributed by atoms with Crippen LogP contribution in [-0.4, -0.2) is 18.1 Å². The number of hydrogen-bond acceptors (Lipinski definition) is 3. The van der Waals surface area contributed by atoms with Crippen molar-refractivity contribution in [1.82, 2.24) is 4.98 Å². The van der Waals surface area contributed by atoms with E-state index >= 15 is 0 Å². The van der Waals surface area contributed by atoms with Gasteiger partial charge in [0, 0.05) is 16.0 Å². The Morgan fingerprint density at radius 1 is 1.09 bits per heavy atom. The average molecular weight is 312 g/mol. The maximum Gasteiger partial charge on any atom is 0.338 e. The number of carbonyl (C=O) groups is 1. The minimum atomic E-state index is -0.367. The zero-order valence-corrected chi connectivity index (χ0v) is 13.0. The van der Waals surface area contributed by atoms with Crippen LogP contribution in [0, 0.1) is 6.92 Å². The lowest BCUT2D eigenvalue weighted by atomic mass is 10.0. The van der Waals surface area contributed by atoms with E-state index in [-0.39, 0.29) is 5.97 Å². The number of aryl methyl sites for hydroxylation is 1. The topological polar surface area (TPSA) is 39.2 Å². The van der Waals surface area contributed by atoms with Gasteiger partial charge in [-0.25, -0.2) is 9.78 Å². The van der Waals surface area contributed by atoms with E-state index in [0.717, 1.165) is 22.0 Å². The molecule has 1 aromatic heterocycles. The van der Waals surface area contributed by atoms with Gasteiger partial charge in [0.25, 0.3) is 0 Å². The van der Waals surface area contributed by atoms with Crippen LogP contribution in [0.4, 0.5) is 0 Å². The van der Waals surface area contributed by atoms with Crippen LogP contribution in [0.1, 0.15) is 15.9 Å². The summed E-state index contributed by atoms with van der Waals surface area (Å²) in [4.78, 5) is 16.7. The van der Waals surface area contributed by atoms with E-state index in [4.69, 9.17) is 16.3 Å². The van der Waals surface area contributed by atoms with Gasteiger partial charge in [-0.05, 0) is 37.3 Å².